The lowest BCUT2D eigenvalue weighted by Crippen LogP contribution is -2.39. The molecule has 0 atom stereocenters. The van der Waals surface area contributed by atoms with Gasteiger partial charge < -0.3 is 19.6 Å². The second kappa shape index (κ2) is 11.8. The van der Waals surface area contributed by atoms with Gasteiger partial charge in [-0.15, -0.1) is 0 Å². The van der Waals surface area contributed by atoms with Crippen LogP contribution in [0.3, 0.4) is 0 Å². The predicted molar refractivity (Wildman–Crippen MR) is 148 cm³/mol. The molecule has 2 rings (SSSR count). The minimum absolute atomic E-state index is 0.122. The van der Waals surface area contributed by atoms with E-state index < -0.39 is 5.91 Å². The molecule has 0 aliphatic rings. The van der Waals surface area contributed by atoms with Gasteiger partial charge >= 0.3 is 0 Å². The molecule has 2 aromatic carbocycles. The molecular weight excluding hydrogens is 452 g/mol. The summed E-state index contributed by atoms with van der Waals surface area (Å²) in [5.41, 5.74) is 5.97. The van der Waals surface area contributed by atoms with Crippen molar-refractivity contribution in [1.82, 2.24) is 15.2 Å². The van der Waals surface area contributed by atoms with E-state index in [4.69, 9.17) is 10.6 Å². The van der Waals surface area contributed by atoms with E-state index in [1.165, 1.54) is 5.56 Å². The van der Waals surface area contributed by atoms with Gasteiger partial charge in [0, 0.05) is 37.8 Å². The molecule has 0 saturated carbocycles. The number of phenols is 1. The number of carbonyl (C=O) groups excluding carboxylic acids is 1. The molecule has 0 radical (unpaired) electrons. The van der Waals surface area contributed by atoms with Crippen LogP contribution in [0.2, 0.25) is 0 Å². The van der Waals surface area contributed by atoms with Gasteiger partial charge in [0.1, 0.15) is 17.2 Å². The van der Waals surface area contributed by atoms with Gasteiger partial charge in [-0.05, 0) is 53.3 Å². The summed E-state index contributed by atoms with van der Waals surface area (Å²) in [6.07, 6.45) is 1.73. The molecule has 1 amide bonds. The molecule has 0 aromatic heterocycles. The van der Waals surface area contributed by atoms with Crippen molar-refractivity contribution >= 4 is 12.0 Å². The Hall–Kier alpha value is -3.03. The third-order valence-corrected chi connectivity index (χ3v) is 6.31. The van der Waals surface area contributed by atoms with E-state index in [0.29, 0.717) is 17.8 Å². The topological polar surface area (TPSA) is 91.1 Å². The highest BCUT2D eigenvalue weighted by Gasteiger charge is 2.25. The fraction of sp³-hybridized carbons (Fsp3) is 0.483. The van der Waals surface area contributed by atoms with Crippen LogP contribution >= 0.6 is 0 Å². The van der Waals surface area contributed by atoms with E-state index in [1.54, 1.807) is 13.2 Å². The average Bonchev–Trinajstić information content (AvgIpc) is 2.80. The van der Waals surface area contributed by atoms with Crippen molar-refractivity contribution in [3.63, 3.8) is 0 Å². The van der Waals surface area contributed by atoms with Gasteiger partial charge in [-0.2, -0.15) is 0 Å². The number of phenolic OH excluding ortho intramolecular Hbond substituents is 1. The molecule has 0 heterocycles. The van der Waals surface area contributed by atoms with Gasteiger partial charge in [0.25, 0.3) is 5.91 Å². The summed E-state index contributed by atoms with van der Waals surface area (Å²) < 4.78 is 5.23. The summed E-state index contributed by atoms with van der Waals surface area (Å²) in [6, 6.07) is 12.0. The molecular formula is C29H44N4O3. The smallest absolute Gasteiger partial charge is 0.281 e. The Morgan fingerprint density at radius 1 is 1.03 bits per heavy atom. The number of aromatic hydroxyl groups is 1. The van der Waals surface area contributed by atoms with Gasteiger partial charge in [-0.25, -0.2) is 5.84 Å². The van der Waals surface area contributed by atoms with E-state index in [9.17, 15) is 9.90 Å². The number of methoxy groups -OCH3 is 1. The molecule has 0 aliphatic carbocycles. The van der Waals surface area contributed by atoms with Crippen molar-refractivity contribution in [2.75, 3.05) is 34.3 Å². The first kappa shape index (κ1) is 29.2. The molecule has 198 valence electrons. The molecule has 0 bridgehead atoms. The lowest BCUT2D eigenvalue weighted by molar-refractivity contribution is -0.118. The zero-order valence-corrected chi connectivity index (χ0v) is 23.4. The number of rotatable bonds is 9. The maximum absolute atomic E-state index is 12.8. The van der Waals surface area contributed by atoms with Crippen molar-refractivity contribution in [1.29, 1.82) is 0 Å². The van der Waals surface area contributed by atoms with Crippen LogP contribution in [0.25, 0.3) is 6.08 Å². The molecule has 4 N–H and O–H groups in total. The number of hydrogen-bond acceptors (Lipinski definition) is 6. The Labute approximate surface area is 216 Å². The molecule has 2 aromatic rings. The van der Waals surface area contributed by atoms with E-state index in [0.717, 1.165) is 30.0 Å². The molecule has 0 unspecified atom stereocenters. The maximum atomic E-state index is 12.8. The first-order valence-electron chi connectivity index (χ1n) is 12.3. The van der Waals surface area contributed by atoms with E-state index in [2.05, 4.69) is 57.9 Å². The Bertz CT molecular complexity index is 1060. The van der Waals surface area contributed by atoms with Crippen LogP contribution in [0.5, 0.6) is 11.5 Å². The molecule has 36 heavy (non-hydrogen) atoms. The number of hydrazine groups is 1. The van der Waals surface area contributed by atoms with Gasteiger partial charge in [-0.1, -0.05) is 59.7 Å². The van der Waals surface area contributed by atoms with Crippen molar-refractivity contribution in [3.8, 4) is 11.5 Å². The third-order valence-electron chi connectivity index (χ3n) is 6.31. The predicted octanol–water partition coefficient (Wildman–Crippen LogP) is 4.39. The first-order valence-corrected chi connectivity index (χ1v) is 12.3. The minimum Gasteiger partial charge on any atom is -0.507 e. The molecule has 7 nitrogen and oxygen atoms in total. The molecule has 0 aliphatic heterocycles. The zero-order valence-electron chi connectivity index (χ0n) is 23.4. The van der Waals surface area contributed by atoms with Crippen LogP contribution in [-0.4, -0.2) is 55.1 Å². The second-order valence-electron chi connectivity index (χ2n) is 11.5. The number of ether oxygens (including phenoxy) is 1. The highest BCUT2D eigenvalue weighted by molar-refractivity contribution is 5.97. The summed E-state index contributed by atoms with van der Waals surface area (Å²) >= 11 is 0. The highest BCUT2D eigenvalue weighted by atomic mass is 16.5. The van der Waals surface area contributed by atoms with Gasteiger partial charge in [0.05, 0.1) is 7.11 Å². The van der Waals surface area contributed by atoms with Crippen molar-refractivity contribution < 1.29 is 14.6 Å². The molecule has 0 spiro atoms. The van der Waals surface area contributed by atoms with Crippen LogP contribution in [0.15, 0.2) is 42.1 Å². The number of hydrogen-bond donors (Lipinski definition) is 3. The minimum atomic E-state index is -0.409. The van der Waals surface area contributed by atoms with E-state index >= 15 is 0 Å². The average molecular weight is 497 g/mol. The normalized spacial score (nSPS) is 12.6. The van der Waals surface area contributed by atoms with E-state index in [-0.39, 0.29) is 16.6 Å². The number of benzene rings is 2. The van der Waals surface area contributed by atoms with Crippen LogP contribution in [0.1, 0.15) is 63.8 Å². The third kappa shape index (κ3) is 7.73. The Morgan fingerprint density at radius 3 is 2.14 bits per heavy atom. The number of nitrogens with two attached hydrogens (primary N) is 1. The lowest BCUT2D eigenvalue weighted by Gasteiger charge is -2.28. The molecule has 7 heteroatoms. The van der Waals surface area contributed by atoms with Gasteiger partial charge in [0.2, 0.25) is 0 Å². The lowest BCUT2D eigenvalue weighted by atomic mass is 9.79. The van der Waals surface area contributed by atoms with Crippen LogP contribution < -0.4 is 16.0 Å². The standard InChI is InChI=1S/C29H44N4O3/c1-28(2,3)22-16-21(26(34)24(18-22)29(4,5)6)17-25(27(35)31-30)33(8)15-14-32(7)19-20-10-12-23(36-9)13-11-20/h10-13,16-18,34H,14-15,19,30H2,1-9H3,(H,31,35). The SMILES string of the molecule is COc1ccc(CN(C)CCN(C)C(=Cc2cc(C(C)(C)C)cc(C(C)(C)C)c2O)C(=O)NN)cc1. The number of carbonyl (C=O) groups is 1. The Kier molecular flexibility index (Phi) is 9.57. The van der Waals surface area contributed by atoms with Crippen molar-refractivity contribution in [2.45, 2.75) is 58.9 Å². The summed E-state index contributed by atoms with van der Waals surface area (Å²) in [7, 11) is 5.55. The summed E-state index contributed by atoms with van der Waals surface area (Å²) in [5, 5.41) is 11.2. The number of likely N-dealkylation sites (N-methyl/N-ethyl adjacent to an activating group) is 2. The largest absolute Gasteiger partial charge is 0.507 e. The monoisotopic (exact) mass is 496 g/mol. The fourth-order valence-electron chi connectivity index (χ4n) is 3.90. The second-order valence-corrected chi connectivity index (χ2v) is 11.5. The first-order chi connectivity index (χ1) is 16.7. The van der Waals surface area contributed by atoms with Crippen molar-refractivity contribution in [2.24, 2.45) is 5.84 Å². The fourth-order valence-corrected chi connectivity index (χ4v) is 3.90. The van der Waals surface area contributed by atoms with Crippen LogP contribution in [0, 0.1) is 0 Å². The highest BCUT2D eigenvalue weighted by Crippen LogP contribution is 2.38. The summed E-state index contributed by atoms with van der Waals surface area (Å²) in [6.45, 7) is 14.7. The summed E-state index contributed by atoms with van der Waals surface area (Å²) in [5.74, 6) is 6.14. The Morgan fingerprint density at radius 2 is 1.64 bits per heavy atom. The molecule has 0 fully saturated rings. The van der Waals surface area contributed by atoms with Crippen LogP contribution in [0.4, 0.5) is 0 Å². The van der Waals surface area contributed by atoms with E-state index in [1.807, 2.05) is 49.3 Å². The number of amides is 1. The van der Waals surface area contributed by atoms with Gasteiger partial charge in [-0.3, -0.25) is 10.2 Å². The van der Waals surface area contributed by atoms with Crippen molar-refractivity contribution in [3.05, 3.63) is 64.3 Å². The van der Waals surface area contributed by atoms with Gasteiger partial charge in [0.15, 0.2) is 0 Å². The molecule has 0 saturated heterocycles. The number of nitrogens with zero attached hydrogens (tertiary/aromatic N) is 2. The zero-order chi connectivity index (χ0) is 27.3. The maximum Gasteiger partial charge on any atom is 0.281 e. The summed E-state index contributed by atoms with van der Waals surface area (Å²) in [4.78, 5) is 16.8. The Balaban J connectivity index is 2.32. The quantitative estimate of drug-likeness (QED) is 0.206. The number of nitrogens with one attached hydrogen (secondary N) is 1. The van der Waals surface area contributed by atoms with Crippen LogP contribution in [-0.2, 0) is 22.2 Å².